The predicted octanol–water partition coefficient (Wildman–Crippen LogP) is 4.65. The zero-order chi connectivity index (χ0) is 16.0. The van der Waals surface area contributed by atoms with Gasteiger partial charge in [0.25, 0.3) is 0 Å². The second kappa shape index (κ2) is 4.13. The minimum Gasteiger partial charge on any atom is -0.347 e. The molecule has 2 atom stereocenters. The van der Waals surface area contributed by atoms with Gasteiger partial charge in [-0.3, -0.25) is 0 Å². The highest BCUT2D eigenvalue weighted by Gasteiger charge is 2.44. The maximum absolute atomic E-state index is 2.44. The van der Waals surface area contributed by atoms with Gasteiger partial charge in [0.15, 0.2) is 0 Å². The first-order chi connectivity index (χ1) is 11.8. The van der Waals surface area contributed by atoms with Crippen LogP contribution in [-0.4, -0.2) is 9.13 Å². The van der Waals surface area contributed by atoms with Crippen molar-refractivity contribution in [3.05, 3.63) is 71.0 Å². The highest BCUT2D eigenvalue weighted by atomic mass is 15.0. The van der Waals surface area contributed by atoms with Gasteiger partial charge in [0, 0.05) is 47.3 Å². The van der Waals surface area contributed by atoms with Crippen molar-refractivity contribution in [2.45, 2.75) is 24.7 Å². The normalized spacial score (nSPS) is 21.4. The molecule has 0 amide bonds. The van der Waals surface area contributed by atoms with Crippen LogP contribution in [0, 0.1) is 0 Å². The molecular weight excluding hydrogens is 292 g/mol. The van der Waals surface area contributed by atoms with E-state index in [-0.39, 0.29) is 0 Å². The molecule has 2 aromatic carbocycles. The Kier molecular flexibility index (Phi) is 2.22. The summed E-state index contributed by atoms with van der Waals surface area (Å²) in [6.07, 6.45) is 2.37. The van der Waals surface area contributed by atoms with Crippen molar-refractivity contribution in [2.75, 3.05) is 0 Å². The van der Waals surface area contributed by atoms with E-state index >= 15 is 0 Å². The zero-order valence-electron chi connectivity index (χ0n) is 14.1. The van der Waals surface area contributed by atoms with Gasteiger partial charge in [0.2, 0.25) is 0 Å². The number of hydrogen-bond acceptors (Lipinski definition) is 0. The summed E-state index contributed by atoms with van der Waals surface area (Å²) in [5, 5.41) is 2.94. The van der Waals surface area contributed by atoms with Crippen LogP contribution in [0.15, 0.2) is 48.5 Å². The lowest BCUT2D eigenvalue weighted by molar-refractivity contribution is 0.625. The first-order valence-corrected chi connectivity index (χ1v) is 8.88. The summed E-state index contributed by atoms with van der Waals surface area (Å²) in [5.74, 6) is 1.32. The molecular formula is C22H20N2. The van der Waals surface area contributed by atoms with Crippen LogP contribution in [0.5, 0.6) is 0 Å². The molecule has 0 N–H and O–H groups in total. The van der Waals surface area contributed by atoms with E-state index in [0.717, 1.165) is 0 Å². The van der Waals surface area contributed by atoms with E-state index < -0.39 is 0 Å². The molecule has 0 aliphatic heterocycles. The summed E-state index contributed by atoms with van der Waals surface area (Å²) in [6.45, 7) is 0. The van der Waals surface area contributed by atoms with Gasteiger partial charge >= 0.3 is 0 Å². The highest BCUT2D eigenvalue weighted by Crippen LogP contribution is 2.56. The quantitative estimate of drug-likeness (QED) is 0.447. The lowest BCUT2D eigenvalue weighted by Crippen LogP contribution is -2.02. The van der Waals surface area contributed by atoms with Crippen LogP contribution in [0.25, 0.3) is 21.8 Å². The Bertz CT molecular complexity index is 1050. The number of rotatable bonds is 0. The fourth-order valence-corrected chi connectivity index (χ4v) is 5.58. The number of fused-ring (bicyclic) bond motifs is 9. The van der Waals surface area contributed by atoms with E-state index in [1.807, 2.05) is 0 Å². The van der Waals surface area contributed by atoms with E-state index in [1.54, 1.807) is 22.5 Å². The Morgan fingerprint density at radius 2 is 1.08 bits per heavy atom. The number of aromatic nitrogens is 2. The van der Waals surface area contributed by atoms with Gasteiger partial charge < -0.3 is 9.13 Å². The molecule has 2 aliphatic carbocycles. The van der Waals surface area contributed by atoms with Crippen LogP contribution >= 0.6 is 0 Å². The summed E-state index contributed by atoms with van der Waals surface area (Å²) < 4.78 is 4.88. The number of para-hydroxylation sites is 2. The van der Waals surface area contributed by atoms with Gasteiger partial charge in [-0.1, -0.05) is 36.4 Å². The van der Waals surface area contributed by atoms with Crippen LogP contribution in [0.4, 0.5) is 0 Å². The Balaban J connectivity index is 1.62. The number of nitrogens with zero attached hydrogens (tertiary/aromatic N) is 2. The Labute approximate surface area is 141 Å². The largest absolute Gasteiger partial charge is 0.347 e. The Morgan fingerprint density at radius 3 is 1.54 bits per heavy atom. The lowest BCUT2D eigenvalue weighted by Gasteiger charge is -2.13. The fraction of sp³-hybridized carbons (Fsp3) is 0.273. The highest BCUT2D eigenvalue weighted by molar-refractivity contribution is 5.91. The minimum absolute atomic E-state index is 0.659. The molecule has 2 heteroatoms. The average Bonchev–Trinajstić information content (AvgIpc) is 3.29. The zero-order valence-corrected chi connectivity index (χ0v) is 14.1. The van der Waals surface area contributed by atoms with Crippen LogP contribution in [0.1, 0.15) is 34.4 Å². The third kappa shape index (κ3) is 1.31. The standard InChI is InChI=1S/C22H20N2/c1-23-17-9-5-3-7-13(17)21-16-12-20-22(15(16)11-19(21)23)14-8-4-6-10-18(14)24(20)2/h3-10,15-16H,11-12H2,1-2H3. The predicted molar refractivity (Wildman–Crippen MR) is 98.7 cm³/mol. The fourth-order valence-electron chi connectivity index (χ4n) is 5.58. The molecule has 0 spiro atoms. The number of hydrogen-bond donors (Lipinski definition) is 0. The average molecular weight is 312 g/mol. The van der Waals surface area contributed by atoms with Crippen molar-refractivity contribution in [1.82, 2.24) is 9.13 Å². The second-order valence-corrected chi connectivity index (χ2v) is 7.49. The molecule has 24 heavy (non-hydrogen) atoms. The van der Waals surface area contributed by atoms with Crippen LogP contribution in [0.2, 0.25) is 0 Å². The molecule has 0 radical (unpaired) electrons. The van der Waals surface area contributed by atoms with Gasteiger partial charge in [0.1, 0.15) is 0 Å². The van der Waals surface area contributed by atoms with Crippen molar-refractivity contribution < 1.29 is 0 Å². The SMILES string of the molecule is Cn1c2c(c3ccccc31)C1Cc3c(c4ccccc4n3C)C1C2. The molecule has 2 aliphatic rings. The number of benzene rings is 2. The molecule has 2 nitrogen and oxygen atoms in total. The Morgan fingerprint density at radius 1 is 0.667 bits per heavy atom. The monoisotopic (exact) mass is 312 g/mol. The first kappa shape index (κ1) is 12.9. The molecule has 118 valence electrons. The summed E-state index contributed by atoms with van der Waals surface area (Å²) in [5.41, 5.74) is 9.15. The maximum atomic E-state index is 2.44. The van der Waals surface area contributed by atoms with E-state index in [1.165, 1.54) is 34.6 Å². The third-order valence-electron chi connectivity index (χ3n) is 6.60. The van der Waals surface area contributed by atoms with Crippen molar-refractivity contribution in [2.24, 2.45) is 14.1 Å². The van der Waals surface area contributed by atoms with Gasteiger partial charge in [0.05, 0.1) is 0 Å². The number of aryl methyl sites for hydroxylation is 2. The van der Waals surface area contributed by atoms with Gasteiger partial charge in [-0.2, -0.15) is 0 Å². The van der Waals surface area contributed by atoms with E-state index in [4.69, 9.17) is 0 Å². The van der Waals surface area contributed by atoms with E-state index in [0.29, 0.717) is 11.8 Å². The first-order valence-electron chi connectivity index (χ1n) is 8.88. The van der Waals surface area contributed by atoms with Crippen LogP contribution in [0.3, 0.4) is 0 Å². The van der Waals surface area contributed by atoms with Crippen LogP contribution < -0.4 is 0 Å². The van der Waals surface area contributed by atoms with Crippen molar-refractivity contribution in [3.8, 4) is 0 Å². The molecule has 2 unspecified atom stereocenters. The molecule has 2 aromatic heterocycles. The molecule has 4 aromatic rings. The summed E-state index contributed by atoms with van der Waals surface area (Å²) in [7, 11) is 4.48. The van der Waals surface area contributed by atoms with E-state index in [2.05, 4.69) is 71.8 Å². The third-order valence-corrected chi connectivity index (χ3v) is 6.60. The van der Waals surface area contributed by atoms with E-state index in [9.17, 15) is 0 Å². The lowest BCUT2D eigenvalue weighted by atomic mass is 9.90. The minimum atomic E-state index is 0.659. The molecule has 0 saturated heterocycles. The van der Waals surface area contributed by atoms with Crippen LogP contribution in [-0.2, 0) is 26.9 Å². The van der Waals surface area contributed by atoms with Gasteiger partial charge in [-0.15, -0.1) is 0 Å². The molecule has 0 bridgehead atoms. The maximum Gasteiger partial charge on any atom is 0.0482 e. The molecule has 6 rings (SSSR count). The second-order valence-electron chi connectivity index (χ2n) is 7.49. The van der Waals surface area contributed by atoms with Crippen molar-refractivity contribution >= 4 is 21.8 Å². The summed E-state index contributed by atoms with van der Waals surface area (Å²) in [6, 6.07) is 17.9. The molecule has 2 heterocycles. The molecule has 0 saturated carbocycles. The summed E-state index contributed by atoms with van der Waals surface area (Å²) >= 11 is 0. The smallest absolute Gasteiger partial charge is 0.0482 e. The molecule has 0 fully saturated rings. The van der Waals surface area contributed by atoms with Crippen molar-refractivity contribution in [3.63, 3.8) is 0 Å². The summed E-state index contributed by atoms with van der Waals surface area (Å²) in [4.78, 5) is 0. The Hall–Kier alpha value is -2.48. The van der Waals surface area contributed by atoms with Gasteiger partial charge in [-0.05, 0) is 47.9 Å². The topological polar surface area (TPSA) is 9.86 Å². The van der Waals surface area contributed by atoms with Gasteiger partial charge in [-0.25, -0.2) is 0 Å². The van der Waals surface area contributed by atoms with Crippen molar-refractivity contribution in [1.29, 1.82) is 0 Å².